The van der Waals surface area contributed by atoms with Crippen molar-refractivity contribution in [3.05, 3.63) is 83.8 Å². The summed E-state index contributed by atoms with van der Waals surface area (Å²) in [5.41, 5.74) is 2.64. The highest BCUT2D eigenvalue weighted by Crippen LogP contribution is 2.21. The quantitative estimate of drug-likeness (QED) is 0.122. The number of fused-ring (bicyclic) bond motifs is 1. The number of ether oxygens (including phenoxy) is 2. The van der Waals surface area contributed by atoms with Crippen molar-refractivity contribution in [3.8, 4) is 0 Å². The summed E-state index contributed by atoms with van der Waals surface area (Å²) in [6.07, 6.45) is -4.48. The molecule has 15 heteroatoms. The normalized spacial score (nSPS) is 11.1. The van der Waals surface area contributed by atoms with Crippen molar-refractivity contribution in [3.63, 3.8) is 0 Å². The van der Waals surface area contributed by atoms with E-state index in [2.05, 4.69) is 20.0 Å². The lowest BCUT2D eigenvalue weighted by molar-refractivity contribution is -0.160. The van der Waals surface area contributed by atoms with Crippen LogP contribution in [0.2, 0.25) is 0 Å². The van der Waals surface area contributed by atoms with E-state index in [0.717, 1.165) is 5.52 Å². The van der Waals surface area contributed by atoms with Gasteiger partial charge in [-0.25, -0.2) is 14.8 Å². The second-order valence-corrected chi connectivity index (χ2v) is 9.61. The van der Waals surface area contributed by atoms with Crippen LogP contribution in [0.3, 0.4) is 0 Å². The molecule has 0 unspecified atom stereocenters. The van der Waals surface area contributed by atoms with Gasteiger partial charge in [0.15, 0.2) is 6.61 Å². The van der Waals surface area contributed by atoms with Crippen LogP contribution in [0.25, 0.3) is 11.0 Å². The molecule has 2 heterocycles. The number of amidine groups is 1. The molecule has 4 rings (SSSR count). The number of halogens is 3. The highest BCUT2D eigenvalue weighted by molar-refractivity contribution is 6.07. The summed E-state index contributed by atoms with van der Waals surface area (Å²) in [7, 11) is 1.83. The summed E-state index contributed by atoms with van der Waals surface area (Å²) < 4.78 is 47.5. The molecule has 0 saturated heterocycles. The smallest absolute Gasteiger partial charge is 0.422 e. The van der Waals surface area contributed by atoms with E-state index in [1.807, 2.05) is 16.9 Å². The number of benzene rings is 2. The monoisotopic (exact) mass is 625 g/mol. The highest BCUT2D eigenvalue weighted by Gasteiger charge is 2.29. The summed E-state index contributed by atoms with van der Waals surface area (Å²) in [6.45, 7) is 0.583. The predicted octanol–water partition coefficient (Wildman–Crippen LogP) is 4.79. The van der Waals surface area contributed by atoms with E-state index in [4.69, 9.17) is 10.1 Å². The third-order valence-corrected chi connectivity index (χ3v) is 6.45. The van der Waals surface area contributed by atoms with Crippen LogP contribution in [-0.2, 0) is 27.9 Å². The number of amides is 2. The molecule has 0 aliphatic rings. The lowest BCUT2D eigenvalue weighted by Gasteiger charge is -2.21. The van der Waals surface area contributed by atoms with Crippen molar-refractivity contribution in [1.82, 2.24) is 19.9 Å². The Hall–Kier alpha value is -5.47. The van der Waals surface area contributed by atoms with Gasteiger partial charge in [0.1, 0.15) is 17.5 Å². The van der Waals surface area contributed by atoms with Gasteiger partial charge in [-0.3, -0.25) is 25.2 Å². The average molecular weight is 626 g/mol. The fraction of sp³-hybridized carbons (Fsp3) is 0.267. The summed E-state index contributed by atoms with van der Waals surface area (Å²) in [6, 6.07) is 16.6. The number of hydrogen-bond acceptors (Lipinski definition) is 9. The van der Waals surface area contributed by atoms with E-state index in [0.29, 0.717) is 35.0 Å². The maximum Gasteiger partial charge on any atom is 0.422 e. The molecule has 3 N–H and O–H groups in total. The van der Waals surface area contributed by atoms with Crippen LogP contribution in [0, 0.1) is 5.41 Å². The molecule has 2 aromatic carbocycles. The van der Waals surface area contributed by atoms with Crippen LogP contribution < -0.4 is 15.5 Å². The number of anilines is 2. The van der Waals surface area contributed by atoms with Crippen molar-refractivity contribution in [2.24, 2.45) is 7.05 Å². The number of pyridine rings is 1. The number of nitrogens with one attached hydrogen (secondary N) is 3. The number of alkyl carbamates (subject to hydrolysis) is 1. The Kier molecular flexibility index (Phi) is 10.3. The Morgan fingerprint density at radius 2 is 1.76 bits per heavy atom. The molecule has 0 aliphatic heterocycles. The fourth-order valence-corrected chi connectivity index (χ4v) is 4.26. The van der Waals surface area contributed by atoms with E-state index in [-0.39, 0.29) is 31.0 Å². The van der Waals surface area contributed by atoms with Crippen molar-refractivity contribution < 1.29 is 37.0 Å². The van der Waals surface area contributed by atoms with Crippen LogP contribution in [0.4, 0.5) is 29.5 Å². The number of imidazole rings is 1. The van der Waals surface area contributed by atoms with E-state index in [1.54, 1.807) is 61.7 Å². The van der Waals surface area contributed by atoms with Gasteiger partial charge in [0.2, 0.25) is 0 Å². The van der Waals surface area contributed by atoms with E-state index < -0.39 is 30.7 Å². The molecule has 0 atom stereocenters. The molecule has 0 spiro atoms. The number of aromatic nitrogens is 3. The lowest BCUT2D eigenvalue weighted by Crippen LogP contribution is -2.34. The zero-order valence-electron chi connectivity index (χ0n) is 24.4. The maximum atomic E-state index is 13.6. The number of hydrogen-bond donors (Lipinski definition) is 3. The number of rotatable bonds is 11. The average Bonchev–Trinajstić information content (AvgIpc) is 3.33. The summed E-state index contributed by atoms with van der Waals surface area (Å²) in [4.78, 5) is 47.4. The molecule has 12 nitrogen and oxygen atoms in total. The molecular weight excluding hydrogens is 595 g/mol. The van der Waals surface area contributed by atoms with Crippen molar-refractivity contribution in [2.75, 3.05) is 30.0 Å². The molecule has 0 radical (unpaired) electrons. The topological polar surface area (TPSA) is 152 Å². The first-order valence-electron chi connectivity index (χ1n) is 13.7. The first-order valence-corrected chi connectivity index (χ1v) is 13.7. The van der Waals surface area contributed by atoms with Gasteiger partial charge in [0.25, 0.3) is 5.91 Å². The molecule has 0 aliphatic carbocycles. The van der Waals surface area contributed by atoms with Gasteiger partial charge in [-0.05, 0) is 61.5 Å². The maximum absolute atomic E-state index is 13.6. The molecule has 0 saturated carbocycles. The Morgan fingerprint density at radius 3 is 2.42 bits per heavy atom. The summed E-state index contributed by atoms with van der Waals surface area (Å²) in [5.74, 6) is -0.130. The molecule has 45 heavy (non-hydrogen) atoms. The van der Waals surface area contributed by atoms with Crippen LogP contribution in [0.1, 0.15) is 35.1 Å². The first kappa shape index (κ1) is 32.4. The highest BCUT2D eigenvalue weighted by atomic mass is 19.4. The molecule has 236 valence electrons. The third kappa shape index (κ3) is 8.78. The number of carbonyl (C=O) groups excluding carboxylic acids is 3. The van der Waals surface area contributed by atoms with Gasteiger partial charge < -0.3 is 19.4 Å². The van der Waals surface area contributed by atoms with Gasteiger partial charge in [-0.15, -0.1) is 0 Å². The third-order valence-electron chi connectivity index (χ3n) is 6.45. The number of alkyl halides is 3. The zero-order valence-corrected chi connectivity index (χ0v) is 24.4. The van der Waals surface area contributed by atoms with Crippen molar-refractivity contribution >= 4 is 46.3 Å². The van der Waals surface area contributed by atoms with Crippen LogP contribution >= 0.6 is 0 Å². The van der Waals surface area contributed by atoms with Gasteiger partial charge in [0, 0.05) is 36.6 Å². The largest absolute Gasteiger partial charge is 0.466 e. The minimum Gasteiger partial charge on any atom is -0.466 e. The minimum absolute atomic E-state index is 0.00489. The molecule has 0 bridgehead atoms. The number of carbonyl (C=O) groups is 3. The van der Waals surface area contributed by atoms with Crippen LogP contribution in [-0.4, -0.2) is 64.3 Å². The van der Waals surface area contributed by atoms with E-state index in [1.165, 1.54) is 17.0 Å². The second-order valence-electron chi connectivity index (χ2n) is 9.61. The summed E-state index contributed by atoms with van der Waals surface area (Å²) >= 11 is 0. The number of esters is 1. The predicted molar refractivity (Wildman–Crippen MR) is 159 cm³/mol. The molecule has 2 amide bonds. The summed E-state index contributed by atoms with van der Waals surface area (Å²) in [5, 5.41) is 13.0. The lowest BCUT2D eigenvalue weighted by atomic mass is 10.1. The Balaban J connectivity index is 1.42. The SMILES string of the molecule is CCOC(=O)CCN(C(=O)c1ccc2c(c1)nc(CNc1ccc(C(=N)NC(=O)OCC(F)(F)F)cc1)n2C)c1ccccn1. The van der Waals surface area contributed by atoms with Crippen molar-refractivity contribution in [1.29, 1.82) is 5.41 Å². The Bertz CT molecular complexity index is 1680. The van der Waals surface area contributed by atoms with E-state index in [9.17, 15) is 27.6 Å². The standard InChI is InChI=1S/C30H30F3N7O5/c1-3-44-26(41)13-15-40(24-6-4-5-14-35-24)28(42)20-9-12-23-22(16-20)37-25(39(23)2)17-36-21-10-7-19(8-11-21)27(34)38-29(43)45-18-30(31,32)33/h4-12,14,16,36H,3,13,15,17-18H2,1-2H3,(H2,34,38,43). The van der Waals surface area contributed by atoms with E-state index >= 15 is 0 Å². The Morgan fingerprint density at radius 1 is 1.02 bits per heavy atom. The molecular formula is C30H30F3N7O5. The van der Waals surface area contributed by atoms with Crippen LogP contribution in [0.15, 0.2) is 66.9 Å². The molecule has 4 aromatic rings. The van der Waals surface area contributed by atoms with Gasteiger partial charge in [-0.2, -0.15) is 13.2 Å². The van der Waals surface area contributed by atoms with Gasteiger partial charge in [-0.1, -0.05) is 6.07 Å². The zero-order chi connectivity index (χ0) is 32.6. The van der Waals surface area contributed by atoms with Gasteiger partial charge in [0.05, 0.1) is 30.6 Å². The minimum atomic E-state index is -4.67. The number of aryl methyl sites for hydroxylation is 1. The molecule has 0 fully saturated rings. The van der Waals surface area contributed by atoms with Gasteiger partial charge >= 0.3 is 18.2 Å². The number of nitrogens with zero attached hydrogens (tertiary/aromatic N) is 4. The molecule has 2 aromatic heterocycles. The first-order chi connectivity index (χ1) is 21.4. The second kappa shape index (κ2) is 14.3. The fourth-order valence-electron chi connectivity index (χ4n) is 4.26. The van der Waals surface area contributed by atoms with Crippen molar-refractivity contribution in [2.45, 2.75) is 26.1 Å². The Labute approximate surface area is 255 Å². The van der Waals surface area contributed by atoms with Crippen LogP contribution in [0.5, 0.6) is 0 Å².